The van der Waals surface area contributed by atoms with Crippen molar-refractivity contribution in [1.29, 1.82) is 0 Å². The second kappa shape index (κ2) is 6.52. The fraction of sp³-hybridized carbons (Fsp3) is 0.467. The number of anilines is 1. The first-order valence-corrected chi connectivity index (χ1v) is 6.94. The molecule has 0 amide bonds. The molecule has 1 unspecified atom stereocenters. The molecule has 1 heterocycles. The third-order valence-corrected chi connectivity index (χ3v) is 3.54. The van der Waals surface area contributed by atoms with Gasteiger partial charge in [0.1, 0.15) is 5.82 Å². The van der Waals surface area contributed by atoms with Gasteiger partial charge in [0.2, 0.25) is 0 Å². The van der Waals surface area contributed by atoms with Gasteiger partial charge in [-0.15, -0.1) is 10.2 Å². The lowest BCUT2D eigenvalue weighted by molar-refractivity contribution is 0.175. The quantitative estimate of drug-likeness (QED) is 0.874. The van der Waals surface area contributed by atoms with E-state index in [2.05, 4.69) is 15.1 Å². The summed E-state index contributed by atoms with van der Waals surface area (Å²) in [5.74, 6) is 1.79. The molecule has 5 heteroatoms. The van der Waals surface area contributed by atoms with E-state index in [0.29, 0.717) is 13.1 Å². The molecule has 0 saturated carbocycles. The Balaban J connectivity index is 2.21. The van der Waals surface area contributed by atoms with Crippen molar-refractivity contribution >= 4 is 5.69 Å². The lowest BCUT2D eigenvalue weighted by Gasteiger charge is -2.26. The van der Waals surface area contributed by atoms with Crippen LogP contribution in [0.1, 0.15) is 25.0 Å². The summed E-state index contributed by atoms with van der Waals surface area (Å²) in [5, 5.41) is 18.2. The van der Waals surface area contributed by atoms with Crippen LogP contribution in [0.2, 0.25) is 0 Å². The molecule has 0 aliphatic heterocycles. The molecule has 2 rings (SSSR count). The Bertz CT molecular complexity index is 538. The average molecular weight is 274 g/mol. The summed E-state index contributed by atoms with van der Waals surface area (Å²) in [4.78, 5) is 2.14. The average Bonchev–Trinajstić information content (AvgIpc) is 2.79. The summed E-state index contributed by atoms with van der Waals surface area (Å²) < 4.78 is 1.98. The molecule has 1 aromatic heterocycles. The maximum atomic E-state index is 9.96. The standard InChI is InChI=1S/C15H22N4O/c1-4-14(20)10-19(13-8-6-5-7-9-13)11-15-17-16-12(2)18(15)3/h5-9,14,20H,4,10-11H2,1-3H3. The smallest absolute Gasteiger partial charge is 0.152 e. The van der Waals surface area contributed by atoms with Gasteiger partial charge < -0.3 is 14.6 Å². The van der Waals surface area contributed by atoms with Gasteiger partial charge in [0.15, 0.2) is 5.82 Å². The van der Waals surface area contributed by atoms with E-state index >= 15 is 0 Å². The van der Waals surface area contributed by atoms with Crippen LogP contribution in [0.15, 0.2) is 30.3 Å². The SMILES string of the molecule is CCC(O)CN(Cc1nnc(C)n1C)c1ccccc1. The van der Waals surface area contributed by atoms with Crippen molar-refractivity contribution in [3.05, 3.63) is 42.0 Å². The van der Waals surface area contributed by atoms with Gasteiger partial charge in [-0.3, -0.25) is 0 Å². The predicted octanol–water partition coefficient (Wildman–Crippen LogP) is 1.90. The van der Waals surface area contributed by atoms with E-state index in [4.69, 9.17) is 0 Å². The van der Waals surface area contributed by atoms with E-state index in [-0.39, 0.29) is 6.10 Å². The van der Waals surface area contributed by atoms with Gasteiger partial charge in [0.25, 0.3) is 0 Å². The normalized spacial score (nSPS) is 12.4. The van der Waals surface area contributed by atoms with Gasteiger partial charge in [-0.25, -0.2) is 0 Å². The van der Waals surface area contributed by atoms with Crippen molar-refractivity contribution in [3.63, 3.8) is 0 Å². The van der Waals surface area contributed by atoms with Crippen LogP contribution in [0.4, 0.5) is 5.69 Å². The summed E-state index contributed by atoms with van der Waals surface area (Å²) in [6.07, 6.45) is 0.394. The molecule has 0 radical (unpaired) electrons. The number of rotatable bonds is 6. The molecule has 0 saturated heterocycles. The van der Waals surface area contributed by atoms with Crippen molar-refractivity contribution in [1.82, 2.24) is 14.8 Å². The van der Waals surface area contributed by atoms with Crippen LogP contribution in [0.3, 0.4) is 0 Å². The van der Waals surface area contributed by atoms with Crippen molar-refractivity contribution in [2.45, 2.75) is 32.9 Å². The zero-order chi connectivity index (χ0) is 14.5. The third kappa shape index (κ3) is 3.36. The molecule has 2 aromatic rings. The molecule has 1 N–H and O–H groups in total. The topological polar surface area (TPSA) is 54.2 Å². The molecule has 5 nitrogen and oxygen atoms in total. The first kappa shape index (κ1) is 14.5. The molecular formula is C15H22N4O. The number of aryl methyl sites for hydroxylation is 1. The van der Waals surface area contributed by atoms with Crippen LogP contribution in [-0.4, -0.2) is 32.5 Å². The van der Waals surface area contributed by atoms with Crippen molar-refractivity contribution < 1.29 is 5.11 Å². The number of nitrogens with zero attached hydrogens (tertiary/aromatic N) is 4. The number of aliphatic hydroxyl groups is 1. The number of para-hydroxylation sites is 1. The maximum Gasteiger partial charge on any atom is 0.152 e. The second-order valence-corrected chi connectivity index (χ2v) is 5.00. The number of hydrogen-bond donors (Lipinski definition) is 1. The Morgan fingerprint density at radius 1 is 1.25 bits per heavy atom. The largest absolute Gasteiger partial charge is 0.391 e. The fourth-order valence-corrected chi connectivity index (χ4v) is 2.04. The summed E-state index contributed by atoms with van der Waals surface area (Å²) in [5.41, 5.74) is 1.08. The molecule has 0 fully saturated rings. The van der Waals surface area contributed by atoms with E-state index in [9.17, 15) is 5.11 Å². The van der Waals surface area contributed by atoms with E-state index in [1.807, 2.05) is 55.8 Å². The van der Waals surface area contributed by atoms with Gasteiger partial charge in [0, 0.05) is 19.3 Å². The van der Waals surface area contributed by atoms with Gasteiger partial charge in [-0.1, -0.05) is 25.1 Å². The maximum absolute atomic E-state index is 9.96. The summed E-state index contributed by atoms with van der Waals surface area (Å²) >= 11 is 0. The first-order chi connectivity index (χ1) is 9.61. The lowest BCUT2D eigenvalue weighted by atomic mass is 10.2. The first-order valence-electron chi connectivity index (χ1n) is 6.94. The van der Waals surface area contributed by atoms with Crippen LogP contribution < -0.4 is 4.90 Å². The van der Waals surface area contributed by atoms with Crippen LogP contribution in [0.25, 0.3) is 0 Å². The van der Waals surface area contributed by atoms with Gasteiger partial charge in [0.05, 0.1) is 12.6 Å². The van der Waals surface area contributed by atoms with Crippen LogP contribution >= 0.6 is 0 Å². The van der Waals surface area contributed by atoms with Crippen molar-refractivity contribution in [2.24, 2.45) is 7.05 Å². The summed E-state index contributed by atoms with van der Waals surface area (Å²) in [7, 11) is 1.96. The van der Waals surface area contributed by atoms with Crippen molar-refractivity contribution in [2.75, 3.05) is 11.4 Å². The van der Waals surface area contributed by atoms with E-state index in [1.165, 1.54) is 0 Å². The zero-order valence-electron chi connectivity index (χ0n) is 12.3. The molecule has 0 aliphatic rings. The Hall–Kier alpha value is -1.88. The Morgan fingerprint density at radius 3 is 2.50 bits per heavy atom. The summed E-state index contributed by atoms with van der Waals surface area (Å²) in [6, 6.07) is 10.1. The molecule has 0 aliphatic carbocycles. The minimum Gasteiger partial charge on any atom is -0.391 e. The monoisotopic (exact) mass is 274 g/mol. The molecule has 20 heavy (non-hydrogen) atoms. The van der Waals surface area contributed by atoms with Crippen LogP contribution in [0.5, 0.6) is 0 Å². The van der Waals surface area contributed by atoms with Gasteiger partial charge in [-0.05, 0) is 25.5 Å². The van der Waals surface area contributed by atoms with E-state index < -0.39 is 0 Å². The third-order valence-electron chi connectivity index (χ3n) is 3.54. The fourth-order valence-electron chi connectivity index (χ4n) is 2.04. The highest BCUT2D eigenvalue weighted by Crippen LogP contribution is 2.17. The van der Waals surface area contributed by atoms with Gasteiger partial charge in [-0.2, -0.15) is 0 Å². The van der Waals surface area contributed by atoms with Crippen LogP contribution in [0, 0.1) is 6.92 Å². The number of hydrogen-bond acceptors (Lipinski definition) is 4. The molecule has 1 aromatic carbocycles. The second-order valence-electron chi connectivity index (χ2n) is 5.00. The highest BCUT2D eigenvalue weighted by atomic mass is 16.3. The Morgan fingerprint density at radius 2 is 1.95 bits per heavy atom. The van der Waals surface area contributed by atoms with Crippen molar-refractivity contribution in [3.8, 4) is 0 Å². The minimum atomic E-state index is -0.343. The lowest BCUT2D eigenvalue weighted by Crippen LogP contribution is -2.32. The Kier molecular flexibility index (Phi) is 4.74. The highest BCUT2D eigenvalue weighted by molar-refractivity contribution is 5.46. The van der Waals surface area contributed by atoms with E-state index in [1.54, 1.807) is 0 Å². The van der Waals surface area contributed by atoms with E-state index in [0.717, 1.165) is 23.8 Å². The Labute approximate surface area is 119 Å². The summed E-state index contributed by atoms with van der Waals surface area (Å²) in [6.45, 7) is 5.15. The molecule has 0 spiro atoms. The highest BCUT2D eigenvalue weighted by Gasteiger charge is 2.15. The molecule has 0 bridgehead atoms. The molecule has 108 valence electrons. The number of aliphatic hydroxyl groups excluding tert-OH is 1. The van der Waals surface area contributed by atoms with Crippen LogP contribution in [-0.2, 0) is 13.6 Å². The predicted molar refractivity (Wildman–Crippen MR) is 79.5 cm³/mol. The number of benzene rings is 1. The zero-order valence-corrected chi connectivity index (χ0v) is 12.3. The van der Waals surface area contributed by atoms with Gasteiger partial charge >= 0.3 is 0 Å². The number of aromatic nitrogens is 3. The minimum absolute atomic E-state index is 0.343. The molecular weight excluding hydrogens is 252 g/mol. The molecule has 1 atom stereocenters.